The number of rotatable bonds is 9. The Morgan fingerprint density at radius 3 is 2.33 bits per heavy atom. The van der Waals surface area contributed by atoms with Gasteiger partial charge >= 0.3 is 6.09 Å². The molecule has 2 aromatic rings. The molecule has 0 spiro atoms. The monoisotopic (exact) mass is 595 g/mol. The molecule has 5 rings (SSSR count). The Morgan fingerprint density at radius 1 is 0.977 bits per heavy atom. The molecular weight excluding hydrogens is 558 g/mol. The summed E-state index contributed by atoms with van der Waals surface area (Å²) in [5, 5.41) is 19.2. The maximum absolute atomic E-state index is 13.2. The van der Waals surface area contributed by atoms with E-state index in [9.17, 15) is 24.0 Å². The molecule has 5 amide bonds. The third-order valence-electron chi connectivity index (χ3n) is 8.16. The van der Waals surface area contributed by atoms with Gasteiger partial charge in [0.15, 0.2) is 12.3 Å². The number of nitrogens with one attached hydrogen (secondary N) is 2. The fourth-order valence-corrected chi connectivity index (χ4v) is 5.46. The fourth-order valence-electron chi connectivity index (χ4n) is 5.46. The Kier molecular flexibility index (Phi) is 9.12. The first kappa shape index (κ1) is 29.9. The predicted octanol–water partition coefficient (Wildman–Crippen LogP) is 0.851. The molecule has 0 radical (unpaired) electrons. The van der Waals surface area contributed by atoms with Gasteiger partial charge < -0.3 is 35.2 Å². The van der Waals surface area contributed by atoms with Crippen molar-refractivity contribution < 1.29 is 33.8 Å². The van der Waals surface area contributed by atoms with E-state index in [2.05, 4.69) is 15.7 Å². The number of amides is 5. The van der Waals surface area contributed by atoms with Crippen LogP contribution in [0, 0.1) is 0 Å². The van der Waals surface area contributed by atoms with Gasteiger partial charge in [-0.1, -0.05) is 18.2 Å². The van der Waals surface area contributed by atoms with Crippen LogP contribution in [-0.4, -0.2) is 117 Å². The summed E-state index contributed by atoms with van der Waals surface area (Å²) in [6, 6.07) is 9.16. The van der Waals surface area contributed by atoms with Crippen LogP contribution < -0.4 is 15.4 Å². The number of carbonyl (C=O) groups is 5. The van der Waals surface area contributed by atoms with Crippen LogP contribution in [0.4, 0.5) is 4.79 Å². The zero-order chi connectivity index (χ0) is 30.5. The number of piperazine rings is 1. The van der Waals surface area contributed by atoms with Crippen molar-refractivity contribution in [2.45, 2.75) is 57.2 Å². The van der Waals surface area contributed by atoms with Crippen molar-refractivity contribution in [3.63, 3.8) is 0 Å². The van der Waals surface area contributed by atoms with E-state index in [0.29, 0.717) is 18.7 Å². The first-order valence-electron chi connectivity index (χ1n) is 14.7. The number of hydrogen-bond acceptors (Lipinski definition) is 7. The molecule has 1 aromatic carbocycles. The second-order valence-electron chi connectivity index (χ2n) is 11.1. The predicted molar refractivity (Wildman–Crippen MR) is 153 cm³/mol. The molecule has 3 fully saturated rings. The quantitative estimate of drug-likeness (QED) is 0.384. The number of nitrogens with zero attached hydrogens (tertiary/aromatic N) is 5. The average molecular weight is 596 g/mol. The van der Waals surface area contributed by atoms with Crippen LogP contribution in [0.2, 0.25) is 0 Å². The van der Waals surface area contributed by atoms with Gasteiger partial charge in [0, 0.05) is 44.8 Å². The SMILES string of the molecule is C[C@@H](NC(=O)c1cc(OCC(=O)N2CCC[C@H]2C(=O)NC2CCC2)n(-c2ccccc2)n1)C(=O)N1CCN(C(=O)O)CC1. The van der Waals surface area contributed by atoms with Gasteiger partial charge in [-0.25, -0.2) is 9.48 Å². The maximum atomic E-state index is 13.2. The lowest BCUT2D eigenvalue weighted by atomic mass is 9.93. The first-order valence-corrected chi connectivity index (χ1v) is 14.7. The fraction of sp³-hybridized carbons (Fsp3) is 0.517. The molecule has 2 aliphatic heterocycles. The van der Waals surface area contributed by atoms with Crippen molar-refractivity contribution in [3.8, 4) is 11.6 Å². The van der Waals surface area contributed by atoms with Gasteiger partial charge in [0.1, 0.15) is 12.1 Å². The summed E-state index contributed by atoms with van der Waals surface area (Å²) in [7, 11) is 0. The molecule has 3 heterocycles. The highest BCUT2D eigenvalue weighted by Crippen LogP contribution is 2.23. The second kappa shape index (κ2) is 13.1. The van der Waals surface area contributed by atoms with Gasteiger partial charge in [-0.15, -0.1) is 0 Å². The van der Waals surface area contributed by atoms with E-state index in [1.54, 1.807) is 36.1 Å². The molecular formula is C29H37N7O7. The molecule has 2 atom stereocenters. The third-order valence-corrected chi connectivity index (χ3v) is 8.16. The summed E-state index contributed by atoms with van der Waals surface area (Å²) < 4.78 is 7.29. The summed E-state index contributed by atoms with van der Waals surface area (Å²) in [6.45, 7) is 2.55. The summed E-state index contributed by atoms with van der Waals surface area (Å²) in [6.07, 6.45) is 3.33. The van der Waals surface area contributed by atoms with Gasteiger partial charge in [-0.2, -0.15) is 5.10 Å². The van der Waals surface area contributed by atoms with Crippen molar-refractivity contribution in [3.05, 3.63) is 42.1 Å². The summed E-state index contributed by atoms with van der Waals surface area (Å²) in [5.74, 6) is -1.24. The lowest BCUT2D eigenvalue weighted by molar-refractivity contribution is -0.140. The highest BCUT2D eigenvalue weighted by atomic mass is 16.5. The first-order chi connectivity index (χ1) is 20.7. The van der Waals surface area contributed by atoms with E-state index >= 15 is 0 Å². The van der Waals surface area contributed by atoms with Crippen LogP contribution in [0.25, 0.3) is 5.69 Å². The van der Waals surface area contributed by atoms with E-state index in [4.69, 9.17) is 9.84 Å². The number of carbonyl (C=O) groups excluding carboxylic acids is 4. The van der Waals surface area contributed by atoms with Crippen LogP contribution in [0.1, 0.15) is 49.5 Å². The highest BCUT2D eigenvalue weighted by molar-refractivity contribution is 5.96. The molecule has 14 heteroatoms. The number of hydrogen-bond donors (Lipinski definition) is 3. The number of ether oxygens (including phenoxy) is 1. The number of para-hydroxylation sites is 1. The Balaban J connectivity index is 1.23. The summed E-state index contributed by atoms with van der Waals surface area (Å²) >= 11 is 0. The van der Waals surface area contributed by atoms with Crippen LogP contribution >= 0.6 is 0 Å². The Morgan fingerprint density at radius 2 is 1.67 bits per heavy atom. The van der Waals surface area contributed by atoms with Crippen molar-refractivity contribution in [1.82, 2.24) is 35.1 Å². The van der Waals surface area contributed by atoms with E-state index in [1.807, 2.05) is 6.07 Å². The van der Waals surface area contributed by atoms with E-state index in [-0.39, 0.29) is 68.1 Å². The molecule has 2 saturated heterocycles. The zero-order valence-corrected chi connectivity index (χ0v) is 24.1. The number of aromatic nitrogens is 2. The van der Waals surface area contributed by atoms with Gasteiger partial charge in [-0.05, 0) is 51.2 Å². The number of likely N-dealkylation sites (tertiary alicyclic amines) is 1. The molecule has 1 aliphatic carbocycles. The molecule has 14 nitrogen and oxygen atoms in total. The minimum Gasteiger partial charge on any atom is -0.467 e. The van der Waals surface area contributed by atoms with Gasteiger partial charge in [0.2, 0.25) is 17.7 Å². The van der Waals surface area contributed by atoms with Crippen LogP contribution in [0.15, 0.2) is 36.4 Å². The van der Waals surface area contributed by atoms with Gasteiger partial charge in [0.25, 0.3) is 11.8 Å². The number of benzene rings is 1. The molecule has 230 valence electrons. The average Bonchev–Trinajstić information content (AvgIpc) is 3.66. The van der Waals surface area contributed by atoms with Crippen LogP contribution in [-0.2, 0) is 14.4 Å². The van der Waals surface area contributed by atoms with Crippen molar-refractivity contribution in [1.29, 1.82) is 0 Å². The van der Waals surface area contributed by atoms with Crippen molar-refractivity contribution in [2.75, 3.05) is 39.3 Å². The Labute approximate surface area is 248 Å². The lowest BCUT2D eigenvalue weighted by Crippen LogP contribution is -2.55. The molecule has 3 N–H and O–H groups in total. The van der Waals surface area contributed by atoms with E-state index < -0.39 is 24.1 Å². The highest BCUT2D eigenvalue weighted by Gasteiger charge is 2.36. The standard InChI is InChI=1S/C29H37N7O7/c1-19(28(40)33-13-15-34(16-14-33)29(41)42)30-26(38)22-17-25(36(32-22)21-9-3-2-4-10-21)43-18-24(37)35-12-6-11-23(35)27(39)31-20-7-5-8-20/h2-4,9-10,17,19-20,23H,5-8,11-16,18H2,1H3,(H,30,38)(H,31,39)(H,41,42)/t19-,23+/m1/s1. The molecule has 0 bridgehead atoms. The Hall–Kier alpha value is -4.62. The number of carboxylic acid groups (broad SMARTS) is 1. The third kappa shape index (κ3) is 6.89. The maximum Gasteiger partial charge on any atom is 0.407 e. The van der Waals surface area contributed by atoms with E-state index in [1.165, 1.54) is 20.5 Å². The second-order valence-corrected chi connectivity index (χ2v) is 11.1. The molecule has 0 unspecified atom stereocenters. The van der Waals surface area contributed by atoms with Crippen molar-refractivity contribution in [2.24, 2.45) is 0 Å². The van der Waals surface area contributed by atoms with Gasteiger partial charge in [-0.3, -0.25) is 19.2 Å². The molecule has 3 aliphatic rings. The van der Waals surface area contributed by atoms with Crippen LogP contribution in [0.3, 0.4) is 0 Å². The van der Waals surface area contributed by atoms with Crippen molar-refractivity contribution >= 4 is 29.7 Å². The topological polar surface area (TPSA) is 166 Å². The lowest BCUT2D eigenvalue weighted by Gasteiger charge is -2.34. The normalized spacial score (nSPS) is 19.4. The van der Waals surface area contributed by atoms with Crippen LogP contribution in [0.5, 0.6) is 5.88 Å². The Bertz CT molecular complexity index is 1350. The minimum absolute atomic E-state index is 0.0134. The van der Waals surface area contributed by atoms with Gasteiger partial charge in [0.05, 0.1) is 5.69 Å². The molecule has 1 saturated carbocycles. The smallest absolute Gasteiger partial charge is 0.407 e. The summed E-state index contributed by atoms with van der Waals surface area (Å²) in [4.78, 5) is 67.4. The minimum atomic E-state index is -1.03. The summed E-state index contributed by atoms with van der Waals surface area (Å²) in [5.41, 5.74) is 0.587. The largest absolute Gasteiger partial charge is 0.467 e. The molecule has 1 aromatic heterocycles. The molecule has 43 heavy (non-hydrogen) atoms. The van der Waals surface area contributed by atoms with E-state index in [0.717, 1.165) is 25.7 Å². The zero-order valence-electron chi connectivity index (χ0n) is 24.1.